The van der Waals surface area contributed by atoms with Gasteiger partial charge < -0.3 is 9.71 Å². The van der Waals surface area contributed by atoms with E-state index in [2.05, 4.69) is 5.32 Å². The fraction of sp³-hybridized carbons (Fsp3) is 0.273. The molecule has 2 aliphatic rings. The molecule has 1 unspecified atom stereocenters. The normalized spacial score (nSPS) is 19.4. The molecule has 1 saturated heterocycles. The summed E-state index contributed by atoms with van der Waals surface area (Å²) in [6, 6.07) is 6.64. The monoisotopic (exact) mass is 511 g/mol. The molecule has 1 N–H and O–H groups in total. The first-order chi connectivity index (χ1) is 17.1. The summed E-state index contributed by atoms with van der Waals surface area (Å²) in [4.78, 5) is 50.5. The highest BCUT2D eigenvalue weighted by molar-refractivity contribution is 6.44. The molecule has 4 amide bonds. The summed E-state index contributed by atoms with van der Waals surface area (Å²) in [6.45, 7) is 0. The second-order valence-electron chi connectivity index (χ2n) is 8.81. The molecule has 0 aliphatic carbocycles. The van der Waals surface area contributed by atoms with Gasteiger partial charge in [0.2, 0.25) is 19.8 Å². The van der Waals surface area contributed by atoms with E-state index in [4.69, 9.17) is 51.0 Å². The van der Waals surface area contributed by atoms with Gasteiger partial charge >= 0.3 is 5.92 Å². The molecule has 2 heterocycles. The molecule has 2 aromatic carbocycles. The van der Waals surface area contributed by atoms with Crippen molar-refractivity contribution in [1.82, 2.24) is 15.0 Å². The lowest BCUT2D eigenvalue weighted by molar-refractivity contribution is -0.155. The van der Waals surface area contributed by atoms with Gasteiger partial charge in [-0.2, -0.15) is 8.78 Å². The van der Waals surface area contributed by atoms with E-state index < -0.39 is 51.8 Å². The Morgan fingerprint density at radius 1 is 1.08 bits per heavy atom. The first-order valence-corrected chi connectivity index (χ1v) is 11.2. The van der Waals surface area contributed by atoms with E-state index in [0.717, 1.165) is 23.1 Å². The van der Waals surface area contributed by atoms with E-state index in [1.807, 2.05) is 0 Å². The fourth-order valence-corrected chi connectivity index (χ4v) is 4.43. The number of rotatable bonds is 5. The van der Waals surface area contributed by atoms with Gasteiger partial charge in [-0.25, -0.2) is 0 Å². The van der Waals surface area contributed by atoms with E-state index in [1.165, 1.54) is 24.3 Å². The number of nitrogens with one attached hydrogen (secondary N) is 1. The Balaban J connectivity index is 1.66. The zero-order valence-electron chi connectivity index (χ0n) is 19.1. The summed E-state index contributed by atoms with van der Waals surface area (Å²) in [5.41, 5.74) is -0.955. The minimum Gasteiger partial charge on any atom is -0.398 e. The summed E-state index contributed by atoms with van der Waals surface area (Å²) in [7, 11) is 30.3. The molecule has 4 rings (SSSR count). The molecule has 2 aromatic rings. The van der Waals surface area contributed by atoms with Crippen molar-refractivity contribution in [1.29, 1.82) is 0 Å². The van der Waals surface area contributed by atoms with E-state index in [-0.39, 0.29) is 39.4 Å². The minimum absolute atomic E-state index is 0.0179. The third-order valence-electron chi connectivity index (χ3n) is 6.38. The van der Waals surface area contributed by atoms with Crippen molar-refractivity contribution >= 4 is 74.6 Å². The van der Waals surface area contributed by atoms with E-state index in [9.17, 15) is 28.0 Å². The van der Waals surface area contributed by atoms with Crippen molar-refractivity contribution in [2.75, 3.05) is 0 Å². The third kappa shape index (κ3) is 4.39. The molecule has 1 fully saturated rings. The van der Waals surface area contributed by atoms with Crippen LogP contribution >= 0.6 is 11.6 Å². The van der Waals surface area contributed by atoms with Crippen molar-refractivity contribution in [3.8, 4) is 0 Å². The topological polar surface area (TPSA) is 86.8 Å². The first kappa shape index (κ1) is 27.0. The molecule has 15 heteroatoms. The number of benzene rings is 2. The van der Waals surface area contributed by atoms with Gasteiger partial charge in [-0.1, -0.05) is 35.9 Å². The smallest absolute Gasteiger partial charge is 0.348 e. The number of fused-ring (bicyclic) bond motifs is 1. The number of hydrogen-bond acceptors (Lipinski definition) is 4. The van der Waals surface area contributed by atoms with Crippen molar-refractivity contribution in [3.05, 3.63) is 69.7 Å². The summed E-state index contributed by atoms with van der Waals surface area (Å²) < 4.78 is 29.8. The maximum atomic E-state index is 14.9. The van der Waals surface area contributed by atoms with E-state index >= 15 is 0 Å². The van der Waals surface area contributed by atoms with Gasteiger partial charge in [-0.15, -0.1) is 0 Å². The average molecular weight is 511 g/mol. The second kappa shape index (κ2) is 9.08. The molecule has 0 spiro atoms. The Hall–Kier alpha value is -3.01. The van der Waals surface area contributed by atoms with Crippen LogP contribution in [0.5, 0.6) is 0 Å². The van der Waals surface area contributed by atoms with Crippen molar-refractivity contribution in [3.63, 3.8) is 0 Å². The molecule has 37 heavy (non-hydrogen) atoms. The Labute approximate surface area is 222 Å². The number of carbonyl (C=O) groups is 4. The van der Waals surface area contributed by atoms with Gasteiger partial charge in [-0.3, -0.25) is 24.5 Å². The zero-order chi connectivity index (χ0) is 27.5. The molecule has 1 atom stereocenters. The molecule has 0 saturated carbocycles. The molecule has 0 aromatic heterocycles. The Morgan fingerprint density at radius 2 is 1.68 bits per heavy atom. The molecule has 0 bridgehead atoms. The number of piperidine rings is 1. The minimum atomic E-state index is -4.12. The summed E-state index contributed by atoms with van der Waals surface area (Å²) >= 11 is 5.72. The predicted molar refractivity (Wildman–Crippen MR) is 133 cm³/mol. The molecule has 176 valence electrons. The largest absolute Gasteiger partial charge is 0.398 e. The number of nitrogens with zero attached hydrogens (tertiary/aromatic N) is 2. The van der Waals surface area contributed by atoms with Crippen LogP contribution in [0.2, 0.25) is 5.02 Å². The number of halogens is 3. The third-order valence-corrected chi connectivity index (χ3v) is 6.63. The van der Waals surface area contributed by atoms with Crippen LogP contribution in [0.25, 0.3) is 0 Å². The van der Waals surface area contributed by atoms with Crippen LogP contribution in [0.15, 0.2) is 42.5 Å². The standard InChI is InChI=1S/C22H13B5ClF2N3O4/c23-21(24,33(27)19(37)20(29,30)10-1-4-12(28)5-2-10)11-3-6-13-14(9-11)22(25,26)32(18(13)36)15-7-8-16(34)31-17(15)35/h1-6,9,15H,7-8H2,(H,31,34,35). The van der Waals surface area contributed by atoms with Crippen molar-refractivity contribution < 1.29 is 28.0 Å². The van der Waals surface area contributed by atoms with Crippen molar-refractivity contribution in [2.24, 2.45) is 0 Å². The zero-order valence-corrected chi connectivity index (χ0v) is 19.8. The molecule has 2 aliphatic heterocycles. The van der Waals surface area contributed by atoms with Crippen LogP contribution in [0.4, 0.5) is 8.78 Å². The van der Waals surface area contributed by atoms with Gasteiger partial charge in [0.25, 0.3) is 11.8 Å². The first-order valence-electron chi connectivity index (χ1n) is 10.8. The molecular formula is C22H13B5ClF2N3O4. The van der Waals surface area contributed by atoms with E-state index in [1.54, 1.807) is 0 Å². The van der Waals surface area contributed by atoms with Crippen molar-refractivity contribution in [2.45, 2.75) is 35.5 Å². The van der Waals surface area contributed by atoms with Crippen LogP contribution in [-0.2, 0) is 31.0 Å². The van der Waals surface area contributed by atoms with Gasteiger partial charge in [0.05, 0.1) is 31.4 Å². The average Bonchev–Trinajstić information content (AvgIpc) is 3.03. The lowest BCUT2D eigenvalue weighted by atomic mass is 9.53. The van der Waals surface area contributed by atoms with Gasteiger partial charge in [-0.05, 0) is 46.4 Å². The quantitative estimate of drug-likeness (QED) is 0.460. The van der Waals surface area contributed by atoms with Crippen LogP contribution in [-0.4, -0.2) is 78.7 Å². The van der Waals surface area contributed by atoms with Gasteiger partial charge in [0, 0.05) is 22.6 Å². The number of amides is 4. The maximum absolute atomic E-state index is 14.9. The number of alkyl halides is 2. The van der Waals surface area contributed by atoms with Crippen LogP contribution in [0.3, 0.4) is 0 Å². The number of carbonyl (C=O) groups excluding carboxylic acids is 4. The van der Waals surface area contributed by atoms with E-state index in [0.29, 0.717) is 0 Å². The molecule has 10 radical (unpaired) electrons. The highest BCUT2D eigenvalue weighted by Gasteiger charge is 2.50. The Kier molecular flexibility index (Phi) is 6.63. The van der Waals surface area contributed by atoms with Gasteiger partial charge in [0.1, 0.15) is 6.04 Å². The second-order valence-corrected chi connectivity index (χ2v) is 9.25. The molecule has 7 nitrogen and oxygen atoms in total. The summed E-state index contributed by atoms with van der Waals surface area (Å²) in [5, 5.41) is -2.28. The van der Waals surface area contributed by atoms with Crippen LogP contribution in [0, 0.1) is 0 Å². The highest BCUT2D eigenvalue weighted by Crippen LogP contribution is 2.40. The predicted octanol–water partition coefficient (Wildman–Crippen LogP) is 0.200. The Bertz CT molecular complexity index is 1330. The lowest BCUT2D eigenvalue weighted by Crippen LogP contribution is -2.59. The van der Waals surface area contributed by atoms with Crippen LogP contribution < -0.4 is 5.32 Å². The maximum Gasteiger partial charge on any atom is 0.348 e. The number of hydrogen-bond donors (Lipinski definition) is 1. The van der Waals surface area contributed by atoms with Crippen LogP contribution in [0.1, 0.15) is 39.9 Å². The lowest BCUT2D eigenvalue weighted by Gasteiger charge is -2.42. The number of imide groups is 1. The SMILES string of the molecule is [B]N(C(=O)C(F)(F)c1ccc(Cl)cc1)C([B])([B])c1ccc2c(c1)C([B])([B])N(C1CCC(=O)NC1=O)C2=O. The van der Waals surface area contributed by atoms with Gasteiger partial charge in [0.15, 0.2) is 0 Å². The summed E-state index contributed by atoms with van der Waals surface area (Å²) in [6.07, 6.45) is -0.0609. The Morgan fingerprint density at radius 3 is 2.27 bits per heavy atom. The summed E-state index contributed by atoms with van der Waals surface area (Å²) in [5.74, 6) is -8.02. The molecular weight excluding hydrogens is 498 g/mol. The highest BCUT2D eigenvalue weighted by atomic mass is 35.5. The fourth-order valence-electron chi connectivity index (χ4n) is 4.31.